The van der Waals surface area contributed by atoms with E-state index < -0.39 is 6.10 Å². The quantitative estimate of drug-likeness (QED) is 0.427. The predicted octanol–water partition coefficient (Wildman–Crippen LogP) is 4.44. The third-order valence-corrected chi connectivity index (χ3v) is 4.53. The summed E-state index contributed by atoms with van der Waals surface area (Å²) in [7, 11) is 0. The lowest BCUT2D eigenvalue weighted by molar-refractivity contribution is 0.172. The van der Waals surface area contributed by atoms with Crippen LogP contribution in [0.4, 0.5) is 0 Å². The summed E-state index contributed by atoms with van der Waals surface area (Å²) in [6, 6.07) is 16.5. The van der Waals surface area contributed by atoms with Crippen molar-refractivity contribution in [3.05, 3.63) is 71.4 Å². The highest BCUT2D eigenvalue weighted by atomic mass is 35.5. The number of hydrogen-bond donors (Lipinski definition) is 2. The van der Waals surface area contributed by atoms with Gasteiger partial charge in [-0.15, -0.1) is 0 Å². The van der Waals surface area contributed by atoms with Gasteiger partial charge in [-0.05, 0) is 42.0 Å². The van der Waals surface area contributed by atoms with Crippen molar-refractivity contribution in [2.45, 2.75) is 6.10 Å². The second kappa shape index (κ2) is 8.48. The van der Waals surface area contributed by atoms with Crippen LogP contribution in [0.5, 0.6) is 5.75 Å². The van der Waals surface area contributed by atoms with Crippen LogP contribution in [0.1, 0.15) is 11.7 Å². The Morgan fingerprint density at radius 2 is 2.07 bits per heavy atom. The molecule has 0 fully saturated rings. The second-order valence-electron chi connectivity index (χ2n) is 6.32. The van der Waals surface area contributed by atoms with Crippen LogP contribution in [0.25, 0.3) is 22.4 Å². The molecule has 7 heteroatoms. The molecule has 144 valence electrons. The van der Waals surface area contributed by atoms with Crippen molar-refractivity contribution in [1.82, 2.24) is 10.5 Å². The Bertz CT molecular complexity index is 1050. The normalized spacial score (nSPS) is 12.4. The van der Waals surface area contributed by atoms with Crippen molar-refractivity contribution < 1.29 is 18.8 Å². The van der Waals surface area contributed by atoms with Gasteiger partial charge in [-0.2, -0.15) is 0 Å². The first kappa shape index (κ1) is 18.6. The Balaban J connectivity index is 1.27. The van der Waals surface area contributed by atoms with E-state index in [-0.39, 0.29) is 0 Å². The minimum atomic E-state index is -0.615. The zero-order valence-corrected chi connectivity index (χ0v) is 15.7. The smallest absolute Gasteiger partial charge is 0.157 e. The molecule has 0 saturated heterocycles. The fourth-order valence-corrected chi connectivity index (χ4v) is 3.09. The Kier molecular flexibility index (Phi) is 5.62. The number of nitrogens with one attached hydrogen (secondary N) is 1. The van der Waals surface area contributed by atoms with E-state index in [1.165, 1.54) is 6.26 Å². The summed E-state index contributed by atoms with van der Waals surface area (Å²) >= 11 is 5.95. The van der Waals surface area contributed by atoms with Crippen LogP contribution in [0.15, 0.2) is 69.8 Å². The number of benzene rings is 2. The number of aliphatic hydroxyl groups excluding tert-OH is 1. The van der Waals surface area contributed by atoms with Gasteiger partial charge in [-0.3, -0.25) is 0 Å². The highest BCUT2D eigenvalue weighted by Crippen LogP contribution is 2.29. The Morgan fingerprint density at radius 3 is 2.89 bits per heavy atom. The van der Waals surface area contributed by atoms with Gasteiger partial charge < -0.3 is 24.1 Å². The number of ether oxygens (including phenoxy) is 1. The lowest BCUT2D eigenvalue weighted by Gasteiger charge is -2.13. The SMILES string of the molecule is OC(CNCCOc1ccc2oc(-c3ccon3)cc2c1)c1cccc(Cl)c1. The van der Waals surface area contributed by atoms with Crippen LogP contribution in [-0.2, 0) is 0 Å². The Hall–Kier alpha value is -2.80. The Morgan fingerprint density at radius 1 is 1.14 bits per heavy atom. The first-order chi connectivity index (χ1) is 13.7. The fraction of sp³-hybridized carbons (Fsp3) is 0.190. The van der Waals surface area contributed by atoms with Gasteiger partial charge in [0, 0.05) is 29.6 Å². The topological polar surface area (TPSA) is 80.7 Å². The molecule has 28 heavy (non-hydrogen) atoms. The molecule has 0 bridgehead atoms. The van der Waals surface area contributed by atoms with E-state index in [0.29, 0.717) is 36.2 Å². The number of halogens is 1. The van der Waals surface area contributed by atoms with Gasteiger partial charge in [0.05, 0.1) is 6.10 Å². The summed E-state index contributed by atoms with van der Waals surface area (Å²) in [6.07, 6.45) is 0.892. The van der Waals surface area contributed by atoms with Gasteiger partial charge in [0.2, 0.25) is 0 Å². The lowest BCUT2D eigenvalue weighted by atomic mass is 10.1. The fourth-order valence-electron chi connectivity index (χ4n) is 2.89. The molecule has 4 aromatic rings. The summed E-state index contributed by atoms with van der Waals surface area (Å²) < 4.78 is 16.4. The van der Waals surface area contributed by atoms with E-state index in [2.05, 4.69) is 10.5 Å². The maximum atomic E-state index is 10.2. The van der Waals surface area contributed by atoms with Gasteiger partial charge in [-0.1, -0.05) is 28.9 Å². The van der Waals surface area contributed by atoms with E-state index in [4.69, 9.17) is 25.3 Å². The van der Waals surface area contributed by atoms with E-state index in [1.54, 1.807) is 18.2 Å². The molecule has 1 atom stereocenters. The van der Waals surface area contributed by atoms with E-state index in [0.717, 1.165) is 22.3 Å². The van der Waals surface area contributed by atoms with Crippen molar-refractivity contribution in [1.29, 1.82) is 0 Å². The van der Waals surface area contributed by atoms with Gasteiger partial charge in [-0.25, -0.2) is 0 Å². The van der Waals surface area contributed by atoms with E-state index in [9.17, 15) is 5.11 Å². The number of furan rings is 1. The number of fused-ring (bicyclic) bond motifs is 1. The lowest BCUT2D eigenvalue weighted by Crippen LogP contribution is -2.26. The molecule has 0 aliphatic carbocycles. The average molecular weight is 399 g/mol. The largest absolute Gasteiger partial charge is 0.492 e. The van der Waals surface area contributed by atoms with E-state index >= 15 is 0 Å². The van der Waals surface area contributed by atoms with Crippen molar-refractivity contribution in [3.63, 3.8) is 0 Å². The molecular formula is C21H19ClN2O4. The molecule has 0 amide bonds. The highest BCUT2D eigenvalue weighted by molar-refractivity contribution is 6.30. The summed E-state index contributed by atoms with van der Waals surface area (Å²) in [5.74, 6) is 1.40. The number of aromatic nitrogens is 1. The molecule has 0 saturated carbocycles. The molecule has 0 aliphatic heterocycles. The summed E-state index contributed by atoms with van der Waals surface area (Å²) in [5.41, 5.74) is 2.20. The molecule has 2 heterocycles. The third kappa shape index (κ3) is 4.36. The molecule has 2 aromatic heterocycles. The monoisotopic (exact) mass is 398 g/mol. The van der Waals surface area contributed by atoms with Crippen LogP contribution in [-0.4, -0.2) is 30.0 Å². The minimum absolute atomic E-state index is 0.422. The summed E-state index contributed by atoms with van der Waals surface area (Å²) in [5, 5.41) is 18.8. The first-order valence-corrected chi connectivity index (χ1v) is 9.28. The van der Waals surface area contributed by atoms with Crippen LogP contribution in [0.2, 0.25) is 5.02 Å². The molecule has 2 N–H and O–H groups in total. The van der Waals surface area contributed by atoms with Crippen LogP contribution >= 0.6 is 11.6 Å². The maximum Gasteiger partial charge on any atom is 0.157 e. The number of aliphatic hydroxyl groups is 1. The van der Waals surface area contributed by atoms with E-state index in [1.807, 2.05) is 36.4 Å². The molecule has 0 spiro atoms. The molecule has 2 aromatic carbocycles. The molecular weight excluding hydrogens is 380 g/mol. The molecule has 4 rings (SSSR count). The molecule has 1 unspecified atom stereocenters. The van der Waals surface area contributed by atoms with Crippen molar-refractivity contribution >= 4 is 22.6 Å². The van der Waals surface area contributed by atoms with Crippen LogP contribution in [0, 0.1) is 0 Å². The Labute approximate surface area is 166 Å². The van der Waals surface area contributed by atoms with Crippen molar-refractivity contribution in [2.75, 3.05) is 19.7 Å². The predicted molar refractivity (Wildman–Crippen MR) is 106 cm³/mol. The van der Waals surface area contributed by atoms with Gasteiger partial charge in [0.15, 0.2) is 5.76 Å². The van der Waals surface area contributed by atoms with Crippen molar-refractivity contribution in [3.8, 4) is 17.2 Å². The summed E-state index contributed by atoms with van der Waals surface area (Å²) in [6.45, 7) is 1.50. The summed E-state index contributed by atoms with van der Waals surface area (Å²) in [4.78, 5) is 0. The van der Waals surface area contributed by atoms with Crippen LogP contribution in [0.3, 0.4) is 0 Å². The van der Waals surface area contributed by atoms with Crippen LogP contribution < -0.4 is 10.1 Å². The zero-order chi connectivity index (χ0) is 19.3. The minimum Gasteiger partial charge on any atom is -0.492 e. The van der Waals surface area contributed by atoms with Gasteiger partial charge in [0.1, 0.15) is 29.9 Å². The first-order valence-electron chi connectivity index (χ1n) is 8.90. The number of nitrogens with zero attached hydrogens (tertiary/aromatic N) is 1. The third-order valence-electron chi connectivity index (χ3n) is 4.30. The zero-order valence-electron chi connectivity index (χ0n) is 15.0. The van der Waals surface area contributed by atoms with Crippen molar-refractivity contribution in [2.24, 2.45) is 0 Å². The molecule has 0 radical (unpaired) electrons. The van der Waals surface area contributed by atoms with Gasteiger partial charge >= 0.3 is 0 Å². The highest BCUT2D eigenvalue weighted by Gasteiger charge is 2.10. The standard InChI is InChI=1S/C21H19ClN2O4/c22-16-3-1-2-14(10-16)19(25)13-23-7-9-26-17-4-5-20-15(11-17)12-21(28-20)18-6-8-27-24-18/h1-6,8,10-12,19,23,25H,7,9,13H2. The number of hydrogen-bond acceptors (Lipinski definition) is 6. The maximum absolute atomic E-state index is 10.2. The average Bonchev–Trinajstić information content (AvgIpc) is 3.36. The molecule has 0 aliphatic rings. The molecule has 6 nitrogen and oxygen atoms in total. The number of rotatable bonds is 8. The second-order valence-corrected chi connectivity index (χ2v) is 6.75. The van der Waals surface area contributed by atoms with Gasteiger partial charge in [0.25, 0.3) is 0 Å².